The Bertz CT molecular complexity index is 496. The molecule has 1 heterocycles. The molecule has 4 heteroatoms. The molecule has 1 aromatic rings. The van der Waals surface area contributed by atoms with E-state index in [4.69, 9.17) is 4.74 Å². The molecule has 0 saturated carbocycles. The molecule has 1 saturated heterocycles. The van der Waals surface area contributed by atoms with Crippen molar-refractivity contribution in [2.75, 3.05) is 6.61 Å². The number of nitrogens with one attached hydrogen (secondary N) is 1. The van der Waals surface area contributed by atoms with Crippen LogP contribution in [0.15, 0.2) is 30.3 Å². The second kappa shape index (κ2) is 5.65. The lowest BCUT2D eigenvalue weighted by Gasteiger charge is -2.30. The molecule has 4 nitrogen and oxygen atoms in total. The molecular weight excluding hydrogens is 254 g/mol. The highest BCUT2D eigenvalue weighted by Crippen LogP contribution is 2.46. The van der Waals surface area contributed by atoms with Crippen molar-refractivity contribution in [1.29, 1.82) is 0 Å². The highest BCUT2D eigenvalue weighted by Gasteiger charge is 2.49. The lowest BCUT2D eigenvalue weighted by atomic mass is 9.73. The number of carbonyl (C=O) groups excluding carboxylic acids is 2. The summed E-state index contributed by atoms with van der Waals surface area (Å²) in [4.78, 5) is 23.9. The molecule has 1 fully saturated rings. The van der Waals surface area contributed by atoms with Gasteiger partial charge in [0.05, 0.1) is 25.0 Å². The minimum absolute atomic E-state index is 0.0723. The monoisotopic (exact) mass is 275 g/mol. The van der Waals surface area contributed by atoms with Crippen molar-refractivity contribution in [3.05, 3.63) is 35.9 Å². The molecule has 1 aliphatic heterocycles. The van der Waals surface area contributed by atoms with Crippen LogP contribution in [0.3, 0.4) is 0 Å². The minimum Gasteiger partial charge on any atom is -0.466 e. The van der Waals surface area contributed by atoms with Crippen LogP contribution in [0.2, 0.25) is 0 Å². The lowest BCUT2D eigenvalue weighted by molar-refractivity contribution is -0.147. The summed E-state index contributed by atoms with van der Waals surface area (Å²) in [7, 11) is 0. The van der Waals surface area contributed by atoms with Gasteiger partial charge >= 0.3 is 5.97 Å². The summed E-state index contributed by atoms with van der Waals surface area (Å²) in [6, 6.07) is 9.78. The van der Waals surface area contributed by atoms with Crippen LogP contribution in [0, 0.1) is 11.3 Å². The van der Waals surface area contributed by atoms with E-state index in [-0.39, 0.29) is 35.7 Å². The van der Waals surface area contributed by atoms with Crippen LogP contribution < -0.4 is 5.32 Å². The number of benzene rings is 1. The van der Waals surface area contributed by atoms with E-state index in [0.29, 0.717) is 6.61 Å². The summed E-state index contributed by atoms with van der Waals surface area (Å²) in [5.74, 6) is -0.738. The molecule has 20 heavy (non-hydrogen) atoms. The van der Waals surface area contributed by atoms with Gasteiger partial charge in [0.25, 0.3) is 0 Å². The smallest absolute Gasteiger partial charge is 0.306 e. The third-order valence-corrected chi connectivity index (χ3v) is 4.05. The maximum Gasteiger partial charge on any atom is 0.306 e. The van der Waals surface area contributed by atoms with Crippen LogP contribution in [-0.2, 0) is 14.3 Å². The van der Waals surface area contributed by atoms with Gasteiger partial charge in [0, 0.05) is 5.41 Å². The molecule has 0 aromatic heterocycles. The van der Waals surface area contributed by atoms with E-state index in [1.807, 2.05) is 44.2 Å². The molecule has 0 bridgehead atoms. The molecule has 1 N–H and O–H groups in total. The topological polar surface area (TPSA) is 55.4 Å². The van der Waals surface area contributed by atoms with Crippen LogP contribution >= 0.6 is 0 Å². The van der Waals surface area contributed by atoms with Crippen molar-refractivity contribution >= 4 is 11.9 Å². The predicted molar refractivity (Wildman–Crippen MR) is 75.8 cm³/mol. The minimum atomic E-state index is -0.355. The van der Waals surface area contributed by atoms with Gasteiger partial charge < -0.3 is 10.1 Å². The Morgan fingerprint density at radius 3 is 2.55 bits per heavy atom. The number of hydrogen-bond donors (Lipinski definition) is 1. The van der Waals surface area contributed by atoms with Crippen molar-refractivity contribution < 1.29 is 14.3 Å². The standard InChI is InChI=1S/C16H21NO3/c1-4-20-13(18)10-12-15(19)17-14(16(12,2)3)11-8-6-5-7-9-11/h5-9,12,14H,4,10H2,1-3H3,(H,17,19)/t12-,14+/m0/s1. The van der Waals surface area contributed by atoms with Crippen molar-refractivity contribution in [1.82, 2.24) is 5.32 Å². The first-order chi connectivity index (χ1) is 9.46. The average molecular weight is 275 g/mol. The molecule has 1 aromatic carbocycles. The zero-order chi connectivity index (χ0) is 14.8. The van der Waals surface area contributed by atoms with Gasteiger partial charge in [0.2, 0.25) is 5.91 Å². The summed E-state index contributed by atoms with van der Waals surface area (Å²) in [6.07, 6.45) is 0.135. The van der Waals surface area contributed by atoms with Gasteiger partial charge in [-0.2, -0.15) is 0 Å². The lowest BCUT2D eigenvalue weighted by Crippen LogP contribution is -2.29. The van der Waals surface area contributed by atoms with Gasteiger partial charge in [-0.15, -0.1) is 0 Å². The summed E-state index contributed by atoms with van der Waals surface area (Å²) in [6.45, 7) is 6.15. The third-order valence-electron chi connectivity index (χ3n) is 4.05. The Kier molecular flexibility index (Phi) is 4.12. The summed E-state index contributed by atoms with van der Waals surface area (Å²) < 4.78 is 4.97. The van der Waals surface area contributed by atoms with E-state index in [1.165, 1.54) is 0 Å². The van der Waals surface area contributed by atoms with Gasteiger partial charge in [-0.25, -0.2) is 0 Å². The van der Waals surface area contributed by atoms with E-state index < -0.39 is 0 Å². The van der Waals surface area contributed by atoms with Crippen molar-refractivity contribution in [3.63, 3.8) is 0 Å². The first-order valence-corrected chi connectivity index (χ1v) is 6.97. The van der Waals surface area contributed by atoms with Crippen LogP contribution in [0.4, 0.5) is 0 Å². The Morgan fingerprint density at radius 1 is 1.30 bits per heavy atom. The van der Waals surface area contributed by atoms with E-state index in [0.717, 1.165) is 5.56 Å². The van der Waals surface area contributed by atoms with E-state index >= 15 is 0 Å². The van der Waals surface area contributed by atoms with E-state index in [9.17, 15) is 9.59 Å². The Balaban J connectivity index is 2.20. The first kappa shape index (κ1) is 14.6. The van der Waals surface area contributed by atoms with Crippen molar-refractivity contribution in [3.8, 4) is 0 Å². The number of carbonyl (C=O) groups is 2. The highest BCUT2D eigenvalue weighted by molar-refractivity contribution is 5.87. The molecule has 0 aliphatic carbocycles. The second-order valence-corrected chi connectivity index (χ2v) is 5.74. The molecule has 0 spiro atoms. The molecule has 1 amide bonds. The Morgan fingerprint density at radius 2 is 1.95 bits per heavy atom. The molecule has 0 unspecified atom stereocenters. The summed E-state index contributed by atoms with van der Waals surface area (Å²) in [5, 5.41) is 3.01. The number of amides is 1. The quantitative estimate of drug-likeness (QED) is 0.859. The van der Waals surface area contributed by atoms with Gasteiger partial charge in [-0.3, -0.25) is 9.59 Å². The van der Waals surface area contributed by atoms with E-state index in [2.05, 4.69) is 5.32 Å². The molecule has 1 aliphatic rings. The maximum absolute atomic E-state index is 12.2. The van der Waals surface area contributed by atoms with Crippen LogP contribution in [0.1, 0.15) is 38.8 Å². The van der Waals surface area contributed by atoms with Crippen molar-refractivity contribution in [2.45, 2.75) is 33.2 Å². The van der Waals surface area contributed by atoms with Gasteiger partial charge in [0.15, 0.2) is 0 Å². The van der Waals surface area contributed by atoms with Crippen LogP contribution in [-0.4, -0.2) is 18.5 Å². The molecular formula is C16H21NO3. The molecule has 108 valence electrons. The zero-order valence-corrected chi connectivity index (χ0v) is 12.2. The van der Waals surface area contributed by atoms with Gasteiger partial charge in [-0.05, 0) is 12.5 Å². The Hall–Kier alpha value is -1.84. The second-order valence-electron chi connectivity index (χ2n) is 5.74. The molecule has 2 rings (SSSR count). The molecule has 2 atom stereocenters. The zero-order valence-electron chi connectivity index (χ0n) is 12.2. The van der Waals surface area contributed by atoms with Crippen LogP contribution in [0.5, 0.6) is 0 Å². The SMILES string of the molecule is CCOC(=O)C[C@H]1C(=O)N[C@H](c2ccccc2)C1(C)C. The fraction of sp³-hybridized carbons (Fsp3) is 0.500. The summed E-state index contributed by atoms with van der Waals surface area (Å²) in [5.41, 5.74) is 0.739. The van der Waals surface area contributed by atoms with Crippen LogP contribution in [0.25, 0.3) is 0 Å². The number of hydrogen-bond acceptors (Lipinski definition) is 3. The predicted octanol–water partition coefficient (Wildman–Crippen LogP) is 2.45. The van der Waals surface area contributed by atoms with Crippen molar-refractivity contribution in [2.24, 2.45) is 11.3 Å². The number of ether oxygens (including phenoxy) is 1. The third kappa shape index (κ3) is 2.69. The van der Waals surface area contributed by atoms with E-state index in [1.54, 1.807) is 6.92 Å². The molecule has 0 radical (unpaired) electrons. The van der Waals surface area contributed by atoms with Gasteiger partial charge in [-0.1, -0.05) is 44.2 Å². The maximum atomic E-state index is 12.2. The fourth-order valence-corrected chi connectivity index (χ4v) is 2.87. The fourth-order valence-electron chi connectivity index (χ4n) is 2.87. The first-order valence-electron chi connectivity index (χ1n) is 6.97. The number of esters is 1. The summed E-state index contributed by atoms with van der Waals surface area (Å²) >= 11 is 0. The highest BCUT2D eigenvalue weighted by atomic mass is 16.5. The Labute approximate surface area is 119 Å². The number of rotatable bonds is 4. The normalized spacial score (nSPS) is 24.2. The van der Waals surface area contributed by atoms with Gasteiger partial charge in [0.1, 0.15) is 0 Å². The largest absolute Gasteiger partial charge is 0.466 e. The average Bonchev–Trinajstić information content (AvgIpc) is 2.63.